The molecule has 0 aromatic rings. The first kappa shape index (κ1) is 69.5. The smallest absolute Gasteiger partial charge is 0.305 e. The van der Waals surface area contributed by atoms with Gasteiger partial charge in [-0.15, -0.1) is 0 Å². The maximum Gasteiger partial charge on any atom is 0.305 e. The molecule has 0 N–H and O–H groups in total. The zero-order chi connectivity index (χ0) is 50.2. The Morgan fingerprint density at radius 3 is 0.471 bits per heavy atom. The van der Waals surface area contributed by atoms with Crippen molar-refractivity contribution in [3.05, 3.63) is 0 Å². The van der Waals surface area contributed by atoms with E-state index in [9.17, 15) is 4.79 Å². The number of esters is 1. The van der Waals surface area contributed by atoms with Crippen molar-refractivity contribution in [1.29, 1.82) is 0 Å². The Hall–Kier alpha value is -0.530. The van der Waals surface area contributed by atoms with E-state index < -0.39 is 0 Å². The van der Waals surface area contributed by atoms with Crippen LogP contribution in [0, 0.1) is 0 Å². The lowest BCUT2D eigenvalue weighted by atomic mass is 10.0. The predicted octanol–water partition coefficient (Wildman–Crippen LogP) is 25.5. The van der Waals surface area contributed by atoms with Gasteiger partial charge >= 0.3 is 5.97 Å². The van der Waals surface area contributed by atoms with Gasteiger partial charge in [0.2, 0.25) is 0 Å². The third kappa shape index (κ3) is 65.5. The highest BCUT2D eigenvalue weighted by molar-refractivity contribution is 5.69. The maximum atomic E-state index is 12.2. The monoisotopic (exact) mass is 985 g/mol. The molecule has 0 rings (SSSR count). The Morgan fingerprint density at radius 2 is 0.314 bits per heavy atom. The van der Waals surface area contributed by atoms with Crippen molar-refractivity contribution in [2.24, 2.45) is 0 Å². The lowest BCUT2D eigenvalue weighted by Crippen LogP contribution is -2.05. The second kappa shape index (κ2) is 66.5. The van der Waals surface area contributed by atoms with Crippen molar-refractivity contribution >= 4 is 5.97 Å². The molecular formula is C68H136O2. The second-order valence-corrected chi connectivity index (χ2v) is 23.5. The van der Waals surface area contributed by atoms with Crippen molar-refractivity contribution in [2.45, 2.75) is 425 Å². The number of unbranched alkanes of at least 4 members (excludes halogenated alkanes) is 61. The fourth-order valence-electron chi connectivity index (χ4n) is 11.2. The SMILES string of the molecule is CCCCCCCCCCCCCCCCCCCCCCCCCCCCCCCCCCOC(=O)CCCCCCCCCCCCCCCCCCCCCCCCCCCCCCCCC. The molecule has 0 aliphatic carbocycles. The first-order valence-corrected chi connectivity index (χ1v) is 34.0. The van der Waals surface area contributed by atoms with Crippen molar-refractivity contribution < 1.29 is 9.53 Å². The summed E-state index contributed by atoms with van der Waals surface area (Å²) in [5.74, 6) is 0.0381. The van der Waals surface area contributed by atoms with Gasteiger partial charge in [0.05, 0.1) is 6.61 Å². The van der Waals surface area contributed by atoms with E-state index in [1.54, 1.807) is 0 Å². The van der Waals surface area contributed by atoms with Crippen molar-refractivity contribution in [1.82, 2.24) is 0 Å². The summed E-state index contributed by atoms with van der Waals surface area (Å²) in [6.45, 7) is 5.26. The first-order valence-electron chi connectivity index (χ1n) is 34.0. The van der Waals surface area contributed by atoms with Crippen LogP contribution in [0.1, 0.15) is 425 Å². The largest absolute Gasteiger partial charge is 0.466 e. The van der Waals surface area contributed by atoms with Crippen LogP contribution in [0.2, 0.25) is 0 Å². The molecule has 0 aliphatic rings. The first-order chi connectivity index (χ1) is 34.8. The Kier molecular flexibility index (Phi) is 66.0. The lowest BCUT2D eigenvalue weighted by Gasteiger charge is -2.06. The molecule has 70 heavy (non-hydrogen) atoms. The summed E-state index contributed by atoms with van der Waals surface area (Å²) in [4.78, 5) is 12.2. The van der Waals surface area contributed by atoms with Crippen LogP contribution < -0.4 is 0 Å². The Balaban J connectivity index is 3.14. The summed E-state index contributed by atoms with van der Waals surface area (Å²) in [7, 11) is 0. The van der Waals surface area contributed by atoms with E-state index in [-0.39, 0.29) is 5.97 Å². The number of carbonyl (C=O) groups excluding carboxylic acids is 1. The van der Waals surface area contributed by atoms with Crippen LogP contribution in [0.25, 0.3) is 0 Å². The van der Waals surface area contributed by atoms with Gasteiger partial charge < -0.3 is 4.74 Å². The molecule has 0 saturated heterocycles. The highest BCUT2D eigenvalue weighted by Gasteiger charge is 2.04. The van der Waals surface area contributed by atoms with Gasteiger partial charge in [-0.25, -0.2) is 0 Å². The Bertz CT molecular complexity index is 898. The molecule has 0 spiro atoms. The standard InChI is InChI=1S/C68H136O2/c1-3-5-7-9-11-13-15-17-19-21-23-25-27-29-31-33-35-37-39-41-43-45-47-49-51-53-55-57-59-61-63-65-67-70-68(69)66-64-62-60-58-56-54-52-50-48-46-44-42-40-38-36-34-32-30-28-26-24-22-20-18-16-14-12-10-8-6-4-2/h3-67H2,1-2H3. The summed E-state index contributed by atoms with van der Waals surface area (Å²) in [5, 5.41) is 0. The molecule has 2 nitrogen and oxygen atoms in total. The van der Waals surface area contributed by atoms with E-state index in [1.807, 2.05) is 0 Å². The third-order valence-electron chi connectivity index (χ3n) is 16.2. The number of rotatable bonds is 65. The van der Waals surface area contributed by atoms with E-state index in [0.29, 0.717) is 13.0 Å². The Labute approximate surface area is 444 Å². The Morgan fingerprint density at radius 1 is 0.186 bits per heavy atom. The topological polar surface area (TPSA) is 26.3 Å². The minimum absolute atomic E-state index is 0.0381. The lowest BCUT2D eigenvalue weighted by molar-refractivity contribution is -0.143. The van der Waals surface area contributed by atoms with Crippen molar-refractivity contribution in [3.8, 4) is 0 Å². The van der Waals surface area contributed by atoms with Crippen molar-refractivity contribution in [2.75, 3.05) is 6.61 Å². The number of carbonyl (C=O) groups is 1. The second-order valence-electron chi connectivity index (χ2n) is 23.5. The average Bonchev–Trinajstić information content (AvgIpc) is 3.37. The fraction of sp³-hybridized carbons (Fsp3) is 0.985. The van der Waals surface area contributed by atoms with Crippen LogP contribution in [-0.4, -0.2) is 12.6 Å². The molecule has 0 atom stereocenters. The fourth-order valence-corrected chi connectivity index (χ4v) is 11.2. The molecule has 0 fully saturated rings. The van der Waals surface area contributed by atoms with Crippen LogP contribution in [0.4, 0.5) is 0 Å². The minimum Gasteiger partial charge on any atom is -0.466 e. The maximum absolute atomic E-state index is 12.2. The van der Waals surface area contributed by atoms with E-state index in [1.165, 1.54) is 392 Å². The van der Waals surface area contributed by atoms with Crippen LogP contribution in [-0.2, 0) is 9.53 Å². The normalized spacial score (nSPS) is 11.6. The van der Waals surface area contributed by atoms with Gasteiger partial charge in [0.15, 0.2) is 0 Å². The number of hydrogen-bond donors (Lipinski definition) is 0. The van der Waals surface area contributed by atoms with Gasteiger partial charge in [0.25, 0.3) is 0 Å². The number of hydrogen-bond acceptors (Lipinski definition) is 2. The summed E-state index contributed by atoms with van der Waals surface area (Å²) in [6, 6.07) is 0. The molecular weight excluding hydrogens is 849 g/mol. The average molecular weight is 986 g/mol. The summed E-state index contributed by atoms with van der Waals surface area (Å²) in [6.07, 6.45) is 90.7. The van der Waals surface area contributed by atoms with Gasteiger partial charge in [-0.1, -0.05) is 406 Å². The zero-order valence-corrected chi connectivity index (χ0v) is 49.3. The molecule has 0 aliphatic heterocycles. The van der Waals surface area contributed by atoms with E-state index >= 15 is 0 Å². The van der Waals surface area contributed by atoms with Gasteiger partial charge in [0.1, 0.15) is 0 Å². The summed E-state index contributed by atoms with van der Waals surface area (Å²) in [5.41, 5.74) is 0. The van der Waals surface area contributed by atoms with Gasteiger partial charge in [-0.05, 0) is 12.8 Å². The predicted molar refractivity (Wildman–Crippen MR) is 318 cm³/mol. The van der Waals surface area contributed by atoms with E-state index in [4.69, 9.17) is 4.74 Å². The van der Waals surface area contributed by atoms with E-state index in [0.717, 1.165) is 12.8 Å². The number of ether oxygens (including phenoxy) is 1. The van der Waals surface area contributed by atoms with Gasteiger partial charge in [-0.3, -0.25) is 4.79 Å². The molecule has 0 aromatic carbocycles. The van der Waals surface area contributed by atoms with Crippen LogP contribution in [0.5, 0.6) is 0 Å². The summed E-state index contributed by atoms with van der Waals surface area (Å²) < 4.78 is 5.54. The van der Waals surface area contributed by atoms with E-state index in [2.05, 4.69) is 13.8 Å². The zero-order valence-electron chi connectivity index (χ0n) is 49.3. The third-order valence-corrected chi connectivity index (χ3v) is 16.2. The van der Waals surface area contributed by atoms with Gasteiger partial charge in [-0.2, -0.15) is 0 Å². The molecule has 0 unspecified atom stereocenters. The molecule has 2 heteroatoms. The highest BCUT2D eigenvalue weighted by atomic mass is 16.5. The molecule has 0 radical (unpaired) electrons. The molecule has 0 heterocycles. The molecule has 420 valence electrons. The summed E-state index contributed by atoms with van der Waals surface area (Å²) >= 11 is 0. The molecule has 0 saturated carbocycles. The molecule has 0 aromatic heterocycles. The quantitative estimate of drug-likeness (QED) is 0.0448. The minimum atomic E-state index is 0.0381. The highest BCUT2D eigenvalue weighted by Crippen LogP contribution is 2.20. The molecule has 0 bridgehead atoms. The van der Waals surface area contributed by atoms with Crippen LogP contribution in [0.3, 0.4) is 0 Å². The van der Waals surface area contributed by atoms with Crippen molar-refractivity contribution in [3.63, 3.8) is 0 Å². The van der Waals surface area contributed by atoms with Crippen LogP contribution in [0.15, 0.2) is 0 Å². The van der Waals surface area contributed by atoms with Gasteiger partial charge in [0, 0.05) is 6.42 Å². The molecule has 0 amide bonds. The van der Waals surface area contributed by atoms with Crippen LogP contribution >= 0.6 is 0 Å².